The van der Waals surface area contributed by atoms with Gasteiger partial charge >= 0.3 is 0 Å². The van der Waals surface area contributed by atoms with Crippen molar-refractivity contribution in [2.75, 3.05) is 11.8 Å². The molecule has 2 aromatic carbocycles. The number of hydrogen-bond acceptors (Lipinski definition) is 4. The van der Waals surface area contributed by atoms with Crippen LogP contribution in [0.1, 0.15) is 15.9 Å². The Labute approximate surface area is 168 Å². The zero-order chi connectivity index (χ0) is 20.1. The lowest BCUT2D eigenvalue weighted by atomic mass is 10.2. The van der Waals surface area contributed by atoms with E-state index < -0.39 is 10.0 Å². The highest BCUT2D eigenvalue weighted by Gasteiger charge is 2.19. The Bertz CT molecular complexity index is 1090. The number of nitrogens with one attached hydrogen (secondary N) is 1. The van der Waals surface area contributed by atoms with Crippen molar-refractivity contribution in [2.45, 2.75) is 11.4 Å². The van der Waals surface area contributed by atoms with E-state index in [0.29, 0.717) is 6.54 Å². The van der Waals surface area contributed by atoms with Crippen molar-refractivity contribution >= 4 is 33.2 Å². The van der Waals surface area contributed by atoms with Gasteiger partial charge in [0.15, 0.2) is 0 Å². The number of pyridine rings is 1. The zero-order valence-corrected chi connectivity index (χ0v) is 16.6. The number of carbonyl (C=O) groups is 1. The number of rotatable bonds is 6. The Morgan fingerprint density at radius 1 is 1.07 bits per heavy atom. The summed E-state index contributed by atoms with van der Waals surface area (Å²) in [6.07, 6.45) is 3.31. The monoisotopic (exact) mass is 415 g/mol. The summed E-state index contributed by atoms with van der Waals surface area (Å²) < 4.78 is 27.8. The molecular formula is C20H18ClN3O3S. The Morgan fingerprint density at radius 2 is 1.79 bits per heavy atom. The highest BCUT2D eigenvalue weighted by Crippen LogP contribution is 2.24. The highest BCUT2D eigenvalue weighted by atomic mass is 35.5. The molecule has 144 valence electrons. The number of para-hydroxylation sites is 1. The minimum Gasteiger partial charge on any atom is -0.337 e. The Hall–Kier alpha value is -2.90. The number of aromatic nitrogens is 1. The summed E-state index contributed by atoms with van der Waals surface area (Å²) in [4.78, 5) is 18.2. The first-order valence-corrected chi connectivity index (χ1v) is 10.2. The van der Waals surface area contributed by atoms with Crippen molar-refractivity contribution in [3.63, 3.8) is 0 Å². The van der Waals surface area contributed by atoms with Gasteiger partial charge in [0.1, 0.15) is 0 Å². The predicted molar refractivity (Wildman–Crippen MR) is 109 cm³/mol. The number of nitrogens with zero attached hydrogens (tertiary/aromatic N) is 2. The van der Waals surface area contributed by atoms with E-state index in [9.17, 15) is 13.2 Å². The largest absolute Gasteiger partial charge is 0.337 e. The van der Waals surface area contributed by atoms with Gasteiger partial charge in [0.05, 0.1) is 15.6 Å². The molecule has 0 fully saturated rings. The fourth-order valence-corrected chi connectivity index (χ4v) is 3.96. The summed E-state index contributed by atoms with van der Waals surface area (Å²) in [5.74, 6) is -0.286. The molecule has 28 heavy (non-hydrogen) atoms. The molecule has 1 amide bonds. The van der Waals surface area contributed by atoms with Crippen molar-refractivity contribution < 1.29 is 13.2 Å². The summed E-state index contributed by atoms with van der Waals surface area (Å²) in [5.41, 5.74) is 1.48. The number of anilines is 1. The van der Waals surface area contributed by atoms with Crippen LogP contribution in [0.2, 0.25) is 5.02 Å². The fraction of sp³-hybridized carbons (Fsp3) is 0.100. The zero-order valence-electron chi connectivity index (χ0n) is 15.0. The molecule has 0 unspecified atom stereocenters. The van der Waals surface area contributed by atoms with E-state index in [0.717, 1.165) is 5.56 Å². The van der Waals surface area contributed by atoms with Gasteiger partial charge in [-0.2, -0.15) is 0 Å². The molecule has 3 aromatic rings. The third-order valence-corrected chi connectivity index (χ3v) is 5.72. The van der Waals surface area contributed by atoms with Gasteiger partial charge < -0.3 is 4.90 Å². The lowest BCUT2D eigenvalue weighted by Gasteiger charge is -2.18. The normalized spacial score (nSPS) is 11.1. The molecule has 6 nitrogen and oxygen atoms in total. The second-order valence-electron chi connectivity index (χ2n) is 6.13. The molecule has 1 aromatic heterocycles. The third-order valence-electron chi connectivity index (χ3n) is 4.03. The molecule has 0 saturated heterocycles. The minimum atomic E-state index is -3.89. The Balaban J connectivity index is 1.81. The van der Waals surface area contributed by atoms with Crippen LogP contribution < -0.4 is 4.72 Å². The molecule has 0 spiro atoms. The summed E-state index contributed by atoms with van der Waals surface area (Å²) in [5, 5.41) is 0.287. The summed E-state index contributed by atoms with van der Waals surface area (Å²) in [7, 11) is -2.23. The maximum absolute atomic E-state index is 12.7. The molecule has 8 heteroatoms. The summed E-state index contributed by atoms with van der Waals surface area (Å²) in [6.45, 7) is 0.385. The molecule has 0 aliphatic carbocycles. The smallest absolute Gasteiger partial charge is 0.261 e. The quantitative estimate of drug-likeness (QED) is 0.664. The van der Waals surface area contributed by atoms with E-state index in [1.807, 2.05) is 12.1 Å². The molecule has 1 N–H and O–H groups in total. The first-order valence-electron chi connectivity index (χ1n) is 8.38. The van der Waals surface area contributed by atoms with Gasteiger partial charge in [-0.05, 0) is 48.0 Å². The first kappa shape index (κ1) is 19.9. The van der Waals surface area contributed by atoms with Crippen LogP contribution in [0.3, 0.4) is 0 Å². The van der Waals surface area contributed by atoms with Crippen molar-refractivity contribution in [3.05, 3.63) is 89.2 Å². The van der Waals surface area contributed by atoms with Crippen LogP contribution in [0, 0.1) is 0 Å². The van der Waals surface area contributed by atoms with Crippen LogP contribution in [-0.4, -0.2) is 31.3 Å². The molecule has 0 radical (unpaired) electrons. The van der Waals surface area contributed by atoms with E-state index >= 15 is 0 Å². The van der Waals surface area contributed by atoms with Crippen molar-refractivity contribution in [1.82, 2.24) is 9.88 Å². The Kier molecular flexibility index (Phi) is 5.96. The van der Waals surface area contributed by atoms with E-state index in [-0.39, 0.29) is 27.1 Å². The molecule has 0 saturated carbocycles. The van der Waals surface area contributed by atoms with Gasteiger partial charge in [0.2, 0.25) is 0 Å². The highest BCUT2D eigenvalue weighted by molar-refractivity contribution is 7.92. The molecule has 0 aliphatic heterocycles. The average Bonchev–Trinajstić information content (AvgIpc) is 2.70. The second kappa shape index (κ2) is 8.41. The van der Waals surface area contributed by atoms with Gasteiger partial charge in [-0.15, -0.1) is 0 Å². The second-order valence-corrected chi connectivity index (χ2v) is 8.22. The van der Waals surface area contributed by atoms with Crippen molar-refractivity contribution in [1.29, 1.82) is 0 Å². The molecule has 0 bridgehead atoms. The lowest BCUT2D eigenvalue weighted by Crippen LogP contribution is -2.26. The number of sulfonamides is 1. The third kappa shape index (κ3) is 4.68. The number of hydrogen-bond donors (Lipinski definition) is 1. The van der Waals surface area contributed by atoms with E-state index in [2.05, 4.69) is 9.71 Å². The molecule has 3 rings (SSSR count). The molecular weight excluding hydrogens is 398 g/mol. The topological polar surface area (TPSA) is 79.4 Å². The predicted octanol–water partition coefficient (Wildman–Crippen LogP) is 3.81. The average molecular weight is 416 g/mol. The van der Waals surface area contributed by atoms with Gasteiger partial charge in [-0.3, -0.25) is 14.5 Å². The summed E-state index contributed by atoms with van der Waals surface area (Å²) in [6, 6.07) is 16.1. The van der Waals surface area contributed by atoms with Crippen LogP contribution in [-0.2, 0) is 16.6 Å². The Morgan fingerprint density at radius 3 is 2.50 bits per heavy atom. The molecule has 1 heterocycles. The number of carbonyl (C=O) groups excluding carboxylic acids is 1. The SMILES string of the molecule is CN(Cc1ccncc1)C(=O)c1cccc(S(=O)(=O)Nc2ccccc2Cl)c1. The maximum Gasteiger partial charge on any atom is 0.261 e. The van der Waals surface area contributed by atoms with E-state index in [4.69, 9.17) is 11.6 Å². The van der Waals surface area contributed by atoms with E-state index in [1.54, 1.807) is 49.8 Å². The van der Waals surface area contributed by atoms with Crippen LogP contribution in [0.15, 0.2) is 78.0 Å². The molecule has 0 atom stereocenters. The van der Waals surface area contributed by atoms with Crippen molar-refractivity contribution in [2.24, 2.45) is 0 Å². The maximum atomic E-state index is 12.7. The standard InChI is InChI=1S/C20H18ClN3O3S/c1-24(14-15-9-11-22-12-10-15)20(25)16-5-4-6-17(13-16)28(26,27)23-19-8-3-2-7-18(19)21/h2-13,23H,14H2,1H3. The van der Waals surface area contributed by atoms with Gasteiger partial charge in [-0.1, -0.05) is 29.8 Å². The van der Waals surface area contributed by atoms with Gasteiger partial charge in [-0.25, -0.2) is 8.42 Å². The van der Waals surface area contributed by atoms with Crippen LogP contribution in [0.25, 0.3) is 0 Å². The number of benzene rings is 2. The summed E-state index contributed by atoms with van der Waals surface area (Å²) >= 11 is 6.03. The van der Waals surface area contributed by atoms with Crippen LogP contribution in [0.5, 0.6) is 0 Å². The number of halogens is 1. The first-order chi connectivity index (χ1) is 13.4. The van der Waals surface area contributed by atoms with Gasteiger partial charge in [0, 0.05) is 31.5 Å². The van der Waals surface area contributed by atoms with Gasteiger partial charge in [0.25, 0.3) is 15.9 Å². The van der Waals surface area contributed by atoms with Crippen LogP contribution in [0.4, 0.5) is 5.69 Å². The van der Waals surface area contributed by atoms with Crippen LogP contribution >= 0.6 is 11.6 Å². The van der Waals surface area contributed by atoms with E-state index in [1.165, 1.54) is 23.1 Å². The minimum absolute atomic E-state index is 0.0180. The van der Waals surface area contributed by atoms with Crippen molar-refractivity contribution in [3.8, 4) is 0 Å². The molecule has 0 aliphatic rings. The number of amides is 1. The lowest BCUT2D eigenvalue weighted by molar-refractivity contribution is 0.0785. The fourth-order valence-electron chi connectivity index (χ4n) is 2.60.